The first-order valence-electron chi connectivity index (χ1n) is 15.3. The lowest BCUT2D eigenvalue weighted by atomic mass is 9.98. The lowest BCUT2D eigenvalue weighted by Gasteiger charge is -2.26. The van der Waals surface area contributed by atoms with Crippen molar-refractivity contribution >= 4 is 62.1 Å². The number of hydrogen-bond acceptors (Lipinski definition) is 7. The average molecular weight is 610 g/mol. The van der Waals surface area contributed by atoms with E-state index >= 15 is 0 Å². The van der Waals surface area contributed by atoms with E-state index in [-0.39, 0.29) is 0 Å². The van der Waals surface area contributed by atoms with Crippen LogP contribution in [0.5, 0.6) is 0 Å². The lowest BCUT2D eigenvalue weighted by molar-refractivity contribution is 1.26. The van der Waals surface area contributed by atoms with Gasteiger partial charge in [0, 0.05) is 17.1 Å². The van der Waals surface area contributed by atoms with Gasteiger partial charge in [0.05, 0.1) is 22.8 Å². The number of rotatable bonds is 8. The number of hydrazone groups is 2. The van der Waals surface area contributed by atoms with Crippen molar-refractivity contribution < 1.29 is 0 Å². The maximum atomic E-state index is 8.15. The quantitative estimate of drug-likeness (QED) is 0.104. The van der Waals surface area contributed by atoms with Crippen LogP contribution in [0.1, 0.15) is 0 Å². The highest BCUT2D eigenvalue weighted by Crippen LogP contribution is 2.38. The zero-order chi connectivity index (χ0) is 32.0. The van der Waals surface area contributed by atoms with Gasteiger partial charge in [-0.3, -0.25) is 21.7 Å². The predicted molar refractivity (Wildman–Crippen MR) is 198 cm³/mol. The Labute approximate surface area is 273 Å². The van der Waals surface area contributed by atoms with Gasteiger partial charge in [0.2, 0.25) is 0 Å². The highest BCUT2D eigenvalue weighted by atomic mass is 15.3. The van der Waals surface area contributed by atoms with Crippen LogP contribution < -0.4 is 15.8 Å². The molecule has 7 nitrogen and oxygen atoms in total. The van der Waals surface area contributed by atoms with Gasteiger partial charge in [-0.1, -0.05) is 91.0 Å². The van der Waals surface area contributed by atoms with Crippen LogP contribution in [0.4, 0.5) is 28.4 Å². The molecule has 5 aromatic rings. The Morgan fingerprint density at radius 1 is 0.489 bits per heavy atom. The molecule has 0 heterocycles. The van der Waals surface area contributed by atoms with Gasteiger partial charge in [0.25, 0.3) is 0 Å². The van der Waals surface area contributed by atoms with Crippen molar-refractivity contribution in [3.8, 4) is 11.1 Å². The third kappa shape index (κ3) is 6.45. The summed E-state index contributed by atoms with van der Waals surface area (Å²) >= 11 is 0. The third-order valence-electron chi connectivity index (χ3n) is 7.85. The SMILES string of the molecule is N=C1C=CC=C/C1=N/Nc1cccc(N(c2ccc(-c3cccc4ccccc34)cc2)c2cccc(N/N=C3/C=CC=CC3=N)c2)c1. The summed E-state index contributed by atoms with van der Waals surface area (Å²) in [6, 6.07) is 39.5. The molecule has 0 bridgehead atoms. The Morgan fingerprint density at radius 3 is 1.62 bits per heavy atom. The van der Waals surface area contributed by atoms with E-state index in [1.807, 2.05) is 72.9 Å². The van der Waals surface area contributed by atoms with Gasteiger partial charge < -0.3 is 4.90 Å². The van der Waals surface area contributed by atoms with Crippen LogP contribution in [0.2, 0.25) is 0 Å². The molecule has 7 rings (SSSR count). The summed E-state index contributed by atoms with van der Waals surface area (Å²) in [5.41, 5.74) is 14.8. The molecular formula is C40H31N7. The van der Waals surface area contributed by atoms with E-state index < -0.39 is 0 Å². The van der Waals surface area contributed by atoms with Crippen LogP contribution >= 0.6 is 0 Å². The molecule has 5 aromatic carbocycles. The number of benzene rings is 5. The van der Waals surface area contributed by atoms with E-state index in [1.165, 1.54) is 16.3 Å². The molecule has 0 aromatic heterocycles. The molecule has 7 heteroatoms. The van der Waals surface area contributed by atoms with E-state index in [0.29, 0.717) is 22.8 Å². The van der Waals surface area contributed by atoms with Crippen molar-refractivity contribution in [1.82, 2.24) is 0 Å². The van der Waals surface area contributed by atoms with Gasteiger partial charge in [-0.2, -0.15) is 10.2 Å². The van der Waals surface area contributed by atoms with Crippen LogP contribution in [0.15, 0.2) is 174 Å². The number of fused-ring (bicyclic) bond motifs is 1. The lowest BCUT2D eigenvalue weighted by Crippen LogP contribution is -2.13. The van der Waals surface area contributed by atoms with E-state index in [2.05, 4.69) is 105 Å². The molecule has 0 saturated carbocycles. The fourth-order valence-electron chi connectivity index (χ4n) is 5.54. The summed E-state index contributed by atoms with van der Waals surface area (Å²) in [5.74, 6) is 0. The molecule has 0 radical (unpaired) electrons. The molecule has 2 aliphatic carbocycles. The Bertz CT molecular complexity index is 2080. The van der Waals surface area contributed by atoms with Crippen LogP contribution in [0.3, 0.4) is 0 Å². The van der Waals surface area contributed by atoms with E-state index in [1.54, 1.807) is 12.2 Å². The maximum Gasteiger partial charge on any atom is 0.108 e. The van der Waals surface area contributed by atoms with E-state index in [4.69, 9.17) is 10.8 Å². The molecule has 47 heavy (non-hydrogen) atoms. The van der Waals surface area contributed by atoms with Crippen LogP contribution in [-0.2, 0) is 0 Å². The number of nitrogens with one attached hydrogen (secondary N) is 4. The second kappa shape index (κ2) is 13.2. The highest BCUT2D eigenvalue weighted by molar-refractivity contribution is 6.50. The summed E-state index contributed by atoms with van der Waals surface area (Å²) in [5, 5.41) is 27.7. The Kier molecular flexibility index (Phi) is 8.17. The first-order chi connectivity index (χ1) is 23.1. The summed E-state index contributed by atoms with van der Waals surface area (Å²) in [6.45, 7) is 0. The predicted octanol–water partition coefficient (Wildman–Crippen LogP) is 9.80. The van der Waals surface area contributed by atoms with Gasteiger partial charge in [0.15, 0.2) is 0 Å². The van der Waals surface area contributed by atoms with Crippen molar-refractivity contribution in [1.29, 1.82) is 10.8 Å². The molecule has 0 unspecified atom stereocenters. The summed E-state index contributed by atoms with van der Waals surface area (Å²) in [4.78, 5) is 2.18. The second-order valence-electron chi connectivity index (χ2n) is 11.0. The molecular weight excluding hydrogens is 578 g/mol. The molecule has 0 amide bonds. The highest BCUT2D eigenvalue weighted by Gasteiger charge is 2.15. The third-order valence-corrected chi connectivity index (χ3v) is 7.85. The normalized spacial score (nSPS) is 15.5. The number of hydrogen-bond donors (Lipinski definition) is 4. The average Bonchev–Trinajstić information content (AvgIpc) is 3.12. The fraction of sp³-hybridized carbons (Fsp3) is 0. The van der Waals surface area contributed by atoms with Crippen LogP contribution in [0, 0.1) is 10.8 Å². The minimum atomic E-state index is 0.354. The Morgan fingerprint density at radius 2 is 1.02 bits per heavy atom. The van der Waals surface area contributed by atoms with Crippen LogP contribution in [0.25, 0.3) is 21.9 Å². The van der Waals surface area contributed by atoms with Gasteiger partial charge in [-0.25, -0.2) is 0 Å². The molecule has 0 saturated heterocycles. The Hall–Kier alpha value is -6.60. The number of nitrogens with zero attached hydrogens (tertiary/aromatic N) is 3. The summed E-state index contributed by atoms with van der Waals surface area (Å²) < 4.78 is 0. The summed E-state index contributed by atoms with van der Waals surface area (Å²) in [6.07, 6.45) is 14.5. The van der Waals surface area contributed by atoms with Crippen molar-refractivity contribution in [2.75, 3.05) is 15.8 Å². The minimum absolute atomic E-state index is 0.354. The van der Waals surface area contributed by atoms with Gasteiger partial charge in [0.1, 0.15) is 11.4 Å². The molecule has 226 valence electrons. The maximum absolute atomic E-state index is 8.15. The fourth-order valence-corrected chi connectivity index (χ4v) is 5.54. The molecule has 4 N–H and O–H groups in total. The largest absolute Gasteiger partial charge is 0.310 e. The van der Waals surface area contributed by atoms with Gasteiger partial charge in [-0.15, -0.1) is 0 Å². The number of allylic oxidation sites excluding steroid dienone is 8. The molecule has 0 atom stereocenters. The van der Waals surface area contributed by atoms with Gasteiger partial charge in [-0.05, 0) is 94.7 Å². The molecule has 0 aliphatic heterocycles. The smallest absolute Gasteiger partial charge is 0.108 e. The first kappa shape index (κ1) is 29.1. The summed E-state index contributed by atoms with van der Waals surface area (Å²) in [7, 11) is 0. The van der Waals surface area contributed by atoms with Crippen molar-refractivity contribution in [2.45, 2.75) is 0 Å². The standard InChI is InChI=1S/C40H31N7/c41-37-18-3-5-20-39(37)45-43-30-12-8-14-33(26-30)47(34-15-9-13-31(27-34)44-46-40-21-6-4-19-38(40)42)32-24-22-29(23-25-32)36-17-7-11-28-10-1-2-16-35(28)36/h1-27,41-44H/b41-37?,42-38?,45-39-,46-40-. The topological polar surface area (TPSA) is 99.7 Å². The number of anilines is 5. The Balaban J connectivity index is 1.25. The molecule has 2 aliphatic rings. The molecule has 0 spiro atoms. The minimum Gasteiger partial charge on any atom is -0.310 e. The second-order valence-corrected chi connectivity index (χ2v) is 11.0. The van der Waals surface area contributed by atoms with Crippen molar-refractivity contribution in [3.63, 3.8) is 0 Å². The van der Waals surface area contributed by atoms with E-state index in [9.17, 15) is 0 Å². The first-order valence-corrected chi connectivity index (χ1v) is 15.3. The van der Waals surface area contributed by atoms with E-state index in [0.717, 1.165) is 34.0 Å². The molecule has 0 fully saturated rings. The zero-order valence-electron chi connectivity index (χ0n) is 25.4. The monoisotopic (exact) mass is 609 g/mol. The van der Waals surface area contributed by atoms with Gasteiger partial charge >= 0.3 is 0 Å². The zero-order valence-corrected chi connectivity index (χ0v) is 25.4. The van der Waals surface area contributed by atoms with Crippen molar-refractivity contribution in [3.05, 3.63) is 164 Å². The van der Waals surface area contributed by atoms with Crippen LogP contribution in [-0.4, -0.2) is 22.8 Å². The van der Waals surface area contributed by atoms with Crippen molar-refractivity contribution in [2.24, 2.45) is 10.2 Å².